The Morgan fingerprint density at radius 2 is 1.95 bits per heavy atom. The van der Waals surface area contributed by atoms with E-state index >= 15 is 0 Å². The molecule has 1 aromatic carbocycles. The van der Waals surface area contributed by atoms with Crippen LogP contribution in [0.3, 0.4) is 0 Å². The van der Waals surface area contributed by atoms with Crippen LogP contribution in [0.5, 0.6) is 0 Å². The number of aryl methyl sites for hydroxylation is 1. The molecule has 2 rings (SSSR count). The van der Waals surface area contributed by atoms with Gasteiger partial charge in [0.2, 0.25) is 0 Å². The van der Waals surface area contributed by atoms with Crippen LogP contribution in [0.4, 0.5) is 11.7 Å². The Kier molecular flexibility index (Phi) is 4.31. The van der Waals surface area contributed by atoms with Crippen molar-refractivity contribution in [3.63, 3.8) is 0 Å². The van der Waals surface area contributed by atoms with Crippen LogP contribution in [0, 0.1) is 0 Å². The molecule has 0 bridgehead atoms. The van der Waals surface area contributed by atoms with Gasteiger partial charge in [0.1, 0.15) is 6.26 Å². The van der Waals surface area contributed by atoms with Crippen molar-refractivity contribution >= 4 is 17.7 Å². The van der Waals surface area contributed by atoms with Crippen molar-refractivity contribution in [1.82, 2.24) is 4.98 Å². The molecule has 0 unspecified atom stereocenters. The normalized spacial score (nSPS) is 11.4. The Morgan fingerprint density at radius 1 is 1.29 bits per heavy atom. The number of nitrogens with one attached hydrogen (secondary N) is 1. The first kappa shape index (κ1) is 15.1. The van der Waals surface area contributed by atoms with Crippen molar-refractivity contribution in [3.05, 3.63) is 41.8 Å². The van der Waals surface area contributed by atoms with Gasteiger partial charge in [0, 0.05) is 12.1 Å². The number of benzene rings is 1. The summed E-state index contributed by atoms with van der Waals surface area (Å²) in [6.07, 6.45) is 1.89. The molecule has 0 amide bonds. The molecule has 0 fully saturated rings. The monoisotopic (exact) mass is 288 g/mol. The molecule has 5 heteroatoms. The third-order valence-corrected chi connectivity index (χ3v) is 3.15. The fourth-order valence-corrected chi connectivity index (χ4v) is 1.89. The Morgan fingerprint density at radius 3 is 2.52 bits per heavy atom. The zero-order chi connectivity index (χ0) is 15.5. The van der Waals surface area contributed by atoms with Crippen LogP contribution in [0.2, 0.25) is 0 Å². The summed E-state index contributed by atoms with van der Waals surface area (Å²) in [6.45, 7) is 6.49. The van der Waals surface area contributed by atoms with Crippen LogP contribution in [0.1, 0.15) is 38.4 Å². The van der Waals surface area contributed by atoms with Crippen LogP contribution in [0.15, 0.2) is 34.9 Å². The van der Waals surface area contributed by atoms with E-state index in [0.29, 0.717) is 18.1 Å². The lowest BCUT2D eigenvalue weighted by molar-refractivity contribution is -0.136. The van der Waals surface area contributed by atoms with Crippen molar-refractivity contribution < 1.29 is 14.3 Å². The minimum absolute atomic E-state index is 0.0479. The average molecular weight is 288 g/mol. The van der Waals surface area contributed by atoms with Crippen molar-refractivity contribution in [2.75, 3.05) is 5.32 Å². The fraction of sp³-hybridized carbons (Fsp3) is 0.375. The van der Waals surface area contributed by atoms with Gasteiger partial charge in [0.15, 0.2) is 0 Å². The highest BCUT2D eigenvalue weighted by atomic mass is 16.4. The molecule has 0 saturated heterocycles. The van der Waals surface area contributed by atoms with Crippen LogP contribution in [-0.4, -0.2) is 16.1 Å². The first-order valence-electron chi connectivity index (χ1n) is 6.88. The highest BCUT2D eigenvalue weighted by molar-refractivity contribution is 5.67. The molecule has 0 saturated carbocycles. The zero-order valence-corrected chi connectivity index (χ0v) is 12.5. The van der Waals surface area contributed by atoms with Crippen molar-refractivity contribution in [1.29, 1.82) is 0 Å². The predicted molar refractivity (Wildman–Crippen MR) is 80.9 cm³/mol. The highest BCUT2D eigenvalue weighted by Crippen LogP contribution is 2.24. The number of carboxylic acid groups (broad SMARTS) is 1. The summed E-state index contributed by atoms with van der Waals surface area (Å²) in [5.74, 6) is -0.842. The smallest absolute Gasteiger partial charge is 0.303 e. The summed E-state index contributed by atoms with van der Waals surface area (Å²) < 4.78 is 5.28. The average Bonchev–Trinajstić information content (AvgIpc) is 2.83. The molecule has 2 N–H and O–H groups in total. The standard InChI is InChI=1S/C16H20N2O3/c1-16(2,3)11-4-6-12(7-5-11)17-15-18-13(10-21-15)8-9-14(19)20/h4-7,10H,8-9H2,1-3H3,(H,17,18)(H,19,20). The summed E-state index contributed by atoms with van der Waals surface area (Å²) in [6, 6.07) is 8.45. The maximum atomic E-state index is 10.5. The van der Waals surface area contributed by atoms with Crippen LogP contribution in [0.25, 0.3) is 0 Å². The van der Waals surface area contributed by atoms with E-state index in [0.717, 1.165) is 5.69 Å². The first-order valence-corrected chi connectivity index (χ1v) is 6.88. The van der Waals surface area contributed by atoms with Gasteiger partial charge < -0.3 is 14.8 Å². The molecule has 5 nitrogen and oxygen atoms in total. The summed E-state index contributed by atoms with van der Waals surface area (Å²) in [5.41, 5.74) is 2.88. The Balaban J connectivity index is 2.00. The molecule has 0 atom stereocenters. The molecule has 21 heavy (non-hydrogen) atoms. The molecule has 0 aliphatic heterocycles. The Labute approximate surface area is 124 Å². The number of aromatic nitrogens is 1. The lowest BCUT2D eigenvalue weighted by atomic mass is 9.87. The third-order valence-electron chi connectivity index (χ3n) is 3.15. The van der Waals surface area contributed by atoms with E-state index in [1.807, 2.05) is 12.1 Å². The molecule has 0 aliphatic rings. The third kappa shape index (κ3) is 4.34. The van der Waals surface area contributed by atoms with E-state index in [-0.39, 0.29) is 11.8 Å². The number of aliphatic carboxylic acids is 1. The second kappa shape index (κ2) is 5.99. The van der Waals surface area contributed by atoms with Crippen molar-refractivity contribution in [2.24, 2.45) is 0 Å². The van der Waals surface area contributed by atoms with Gasteiger partial charge in [-0.2, -0.15) is 4.98 Å². The minimum Gasteiger partial charge on any atom is -0.481 e. The van der Waals surface area contributed by atoms with Crippen LogP contribution >= 0.6 is 0 Å². The zero-order valence-electron chi connectivity index (χ0n) is 12.5. The van der Waals surface area contributed by atoms with Gasteiger partial charge in [0.25, 0.3) is 6.01 Å². The van der Waals surface area contributed by atoms with Gasteiger partial charge in [-0.3, -0.25) is 4.79 Å². The van der Waals surface area contributed by atoms with Gasteiger partial charge in [-0.05, 0) is 23.1 Å². The van der Waals surface area contributed by atoms with E-state index in [9.17, 15) is 4.79 Å². The van der Waals surface area contributed by atoms with E-state index in [2.05, 4.69) is 43.2 Å². The largest absolute Gasteiger partial charge is 0.481 e. The molecular weight excluding hydrogens is 268 g/mol. The molecule has 0 spiro atoms. The summed E-state index contributed by atoms with van der Waals surface area (Å²) in [7, 11) is 0. The van der Waals surface area contributed by atoms with Gasteiger partial charge >= 0.3 is 5.97 Å². The van der Waals surface area contributed by atoms with E-state index in [1.165, 1.54) is 11.8 Å². The molecule has 0 radical (unpaired) electrons. The fourth-order valence-electron chi connectivity index (χ4n) is 1.89. The summed E-state index contributed by atoms with van der Waals surface area (Å²) in [5, 5.41) is 11.7. The molecule has 112 valence electrons. The maximum absolute atomic E-state index is 10.5. The summed E-state index contributed by atoms with van der Waals surface area (Å²) in [4.78, 5) is 14.7. The molecule has 1 aromatic heterocycles. The Hall–Kier alpha value is -2.30. The second-order valence-corrected chi connectivity index (χ2v) is 5.99. The van der Waals surface area contributed by atoms with E-state index in [4.69, 9.17) is 9.52 Å². The highest BCUT2D eigenvalue weighted by Gasteiger charge is 2.13. The lowest BCUT2D eigenvalue weighted by Gasteiger charge is -2.19. The molecular formula is C16H20N2O3. The van der Waals surface area contributed by atoms with Gasteiger partial charge in [-0.15, -0.1) is 0 Å². The molecule has 0 aliphatic carbocycles. The van der Waals surface area contributed by atoms with Crippen LogP contribution in [-0.2, 0) is 16.6 Å². The SMILES string of the molecule is CC(C)(C)c1ccc(Nc2nc(CCC(=O)O)co2)cc1. The van der Waals surface area contributed by atoms with Crippen molar-refractivity contribution in [2.45, 2.75) is 39.0 Å². The number of carbonyl (C=O) groups is 1. The Bertz CT molecular complexity index is 609. The maximum Gasteiger partial charge on any atom is 0.303 e. The number of hydrogen-bond acceptors (Lipinski definition) is 4. The topological polar surface area (TPSA) is 75.4 Å². The predicted octanol–water partition coefficient (Wildman–Crippen LogP) is 3.73. The molecule has 1 heterocycles. The summed E-state index contributed by atoms with van der Waals surface area (Å²) >= 11 is 0. The molecule has 2 aromatic rings. The number of hydrogen-bond donors (Lipinski definition) is 2. The van der Waals surface area contributed by atoms with Gasteiger partial charge in [-0.25, -0.2) is 0 Å². The van der Waals surface area contributed by atoms with E-state index < -0.39 is 5.97 Å². The van der Waals surface area contributed by atoms with E-state index in [1.54, 1.807) is 0 Å². The first-order chi connectivity index (χ1) is 9.84. The number of anilines is 2. The van der Waals surface area contributed by atoms with Crippen LogP contribution < -0.4 is 5.32 Å². The number of nitrogens with zero attached hydrogens (tertiary/aromatic N) is 1. The van der Waals surface area contributed by atoms with Gasteiger partial charge in [-0.1, -0.05) is 32.9 Å². The van der Waals surface area contributed by atoms with Crippen molar-refractivity contribution in [3.8, 4) is 0 Å². The number of rotatable bonds is 5. The second-order valence-electron chi connectivity index (χ2n) is 5.99. The van der Waals surface area contributed by atoms with Gasteiger partial charge in [0.05, 0.1) is 12.1 Å². The quantitative estimate of drug-likeness (QED) is 0.876. The number of oxazole rings is 1. The minimum atomic E-state index is -0.842. The lowest BCUT2D eigenvalue weighted by Crippen LogP contribution is -2.10. The number of carboxylic acids is 1.